The average molecular weight is 534 g/mol. The first-order chi connectivity index (χ1) is 15.4. The van der Waals surface area contributed by atoms with Gasteiger partial charge in [0.1, 0.15) is 6.33 Å². The summed E-state index contributed by atoms with van der Waals surface area (Å²) >= 11 is 2.96. The number of hydrogen-bond acceptors (Lipinski definition) is 4. The smallest absolute Gasteiger partial charge is 0.332 e. The second-order valence-electron chi connectivity index (χ2n) is 7.46. The molecule has 1 amide bonds. The van der Waals surface area contributed by atoms with Crippen LogP contribution in [0.4, 0.5) is 22.0 Å². The molecule has 0 saturated carbocycles. The Hall–Kier alpha value is -2.63. The van der Waals surface area contributed by atoms with E-state index < -0.39 is 42.5 Å². The monoisotopic (exact) mass is 533 g/mol. The second kappa shape index (κ2) is 9.32. The zero-order chi connectivity index (χ0) is 24.6. The van der Waals surface area contributed by atoms with Gasteiger partial charge in [0.05, 0.1) is 17.8 Å². The molecule has 3 aromatic rings. The van der Waals surface area contributed by atoms with E-state index >= 15 is 0 Å². The largest absolute Gasteiger partial charge is 0.416 e. The van der Waals surface area contributed by atoms with Gasteiger partial charge in [-0.1, -0.05) is 29.8 Å². The third-order valence-electron chi connectivity index (χ3n) is 4.99. The zero-order valence-electron chi connectivity index (χ0n) is 18.0. The molecule has 0 aliphatic carbocycles. The first-order valence-electron chi connectivity index (χ1n) is 10.2. The Morgan fingerprint density at radius 1 is 1.18 bits per heavy atom. The Balaban J connectivity index is 0.00000149. The molecule has 2 aromatic heterocycles. The van der Waals surface area contributed by atoms with Crippen LogP contribution in [0.15, 0.2) is 35.1 Å². The number of halogens is 6. The molecular weight excluding hydrogens is 513 g/mol. The van der Waals surface area contributed by atoms with E-state index in [9.17, 15) is 26.7 Å². The SMILES string of the molecule is CC.Cc1cc(C2CN(C(=O)c3cc(Br)cc(C(F)(F)F)c3)CC(F)(F)C2)n2ncnc2n1. The third-order valence-corrected chi connectivity index (χ3v) is 5.45. The lowest BCUT2D eigenvalue weighted by atomic mass is 9.91. The summed E-state index contributed by atoms with van der Waals surface area (Å²) in [7, 11) is 0. The van der Waals surface area contributed by atoms with Gasteiger partial charge >= 0.3 is 6.18 Å². The minimum absolute atomic E-state index is 0.0278. The molecule has 1 aliphatic rings. The summed E-state index contributed by atoms with van der Waals surface area (Å²) in [6, 6.07) is 4.27. The van der Waals surface area contributed by atoms with Crippen LogP contribution in [-0.2, 0) is 6.18 Å². The zero-order valence-corrected chi connectivity index (χ0v) is 19.6. The predicted molar refractivity (Wildman–Crippen MR) is 114 cm³/mol. The van der Waals surface area contributed by atoms with Crippen LogP contribution in [0.5, 0.6) is 0 Å². The molecule has 1 saturated heterocycles. The van der Waals surface area contributed by atoms with Crippen molar-refractivity contribution < 1.29 is 26.7 Å². The van der Waals surface area contributed by atoms with Crippen molar-refractivity contribution in [2.45, 2.75) is 45.2 Å². The number of alkyl halides is 5. The highest BCUT2D eigenvalue weighted by atomic mass is 79.9. The van der Waals surface area contributed by atoms with Crippen LogP contribution in [0.1, 0.15) is 53.5 Å². The molecule has 12 heteroatoms. The van der Waals surface area contributed by atoms with Gasteiger partial charge in [0, 0.05) is 34.6 Å². The number of hydrogen-bond donors (Lipinski definition) is 0. The number of aryl methyl sites for hydroxylation is 1. The van der Waals surface area contributed by atoms with Crippen LogP contribution in [0.25, 0.3) is 5.78 Å². The summed E-state index contributed by atoms with van der Waals surface area (Å²) in [6.45, 7) is 4.68. The maximum atomic E-state index is 14.6. The van der Waals surface area contributed by atoms with E-state index in [0.717, 1.165) is 11.0 Å². The lowest BCUT2D eigenvalue weighted by Gasteiger charge is -2.37. The fourth-order valence-electron chi connectivity index (χ4n) is 3.76. The molecule has 6 nitrogen and oxygen atoms in total. The summed E-state index contributed by atoms with van der Waals surface area (Å²) in [5.74, 6) is -4.71. The van der Waals surface area contributed by atoms with Crippen molar-refractivity contribution in [3.05, 3.63) is 57.6 Å². The Kier molecular flexibility index (Phi) is 7.06. The quantitative estimate of drug-likeness (QED) is 0.408. The molecular formula is C21H21BrF5N5O. The maximum Gasteiger partial charge on any atom is 0.416 e. The van der Waals surface area contributed by atoms with E-state index in [4.69, 9.17) is 0 Å². The summed E-state index contributed by atoms with van der Waals surface area (Å²) < 4.78 is 69.9. The van der Waals surface area contributed by atoms with Gasteiger partial charge in [0.25, 0.3) is 17.6 Å². The number of fused-ring (bicyclic) bond motifs is 1. The van der Waals surface area contributed by atoms with Gasteiger partial charge < -0.3 is 4.90 Å². The van der Waals surface area contributed by atoms with Crippen molar-refractivity contribution in [3.8, 4) is 0 Å². The van der Waals surface area contributed by atoms with Crippen LogP contribution in [0, 0.1) is 6.92 Å². The number of nitrogens with zero attached hydrogens (tertiary/aromatic N) is 5. The topological polar surface area (TPSA) is 63.4 Å². The Morgan fingerprint density at radius 2 is 1.88 bits per heavy atom. The molecule has 33 heavy (non-hydrogen) atoms. The molecule has 1 atom stereocenters. The predicted octanol–water partition coefficient (Wildman–Crippen LogP) is 5.51. The number of carbonyl (C=O) groups excluding carboxylic acids is 1. The molecule has 4 rings (SSSR count). The lowest BCUT2D eigenvalue weighted by Crippen LogP contribution is -2.49. The standard InChI is InChI=1S/C19H15BrF5N5O.C2H6/c1-10-2-15(30-17(28-10)26-9-27-30)12-6-18(21,22)8-29(7-12)16(31)11-3-13(19(23,24)25)5-14(20)4-11;1-2/h2-5,9,12H,6-8H2,1H3;1-2H3. The maximum absolute atomic E-state index is 14.6. The second-order valence-corrected chi connectivity index (χ2v) is 8.38. The van der Waals surface area contributed by atoms with Gasteiger partial charge in [-0.05, 0) is 31.2 Å². The number of amides is 1. The first-order valence-corrected chi connectivity index (χ1v) is 10.9. The molecule has 178 valence electrons. The highest BCUT2D eigenvalue weighted by Crippen LogP contribution is 2.38. The van der Waals surface area contributed by atoms with Crippen LogP contribution in [0.3, 0.4) is 0 Å². The van der Waals surface area contributed by atoms with Gasteiger partial charge in [0.2, 0.25) is 0 Å². The van der Waals surface area contributed by atoms with Crippen LogP contribution >= 0.6 is 15.9 Å². The summed E-state index contributed by atoms with van der Waals surface area (Å²) in [4.78, 5) is 22.0. The van der Waals surface area contributed by atoms with E-state index in [-0.39, 0.29) is 22.4 Å². The van der Waals surface area contributed by atoms with Crippen molar-refractivity contribution in [2.24, 2.45) is 0 Å². The molecule has 1 aromatic carbocycles. The van der Waals surface area contributed by atoms with E-state index in [1.807, 2.05) is 13.8 Å². The highest BCUT2D eigenvalue weighted by molar-refractivity contribution is 9.10. The van der Waals surface area contributed by atoms with Crippen molar-refractivity contribution in [2.75, 3.05) is 13.1 Å². The lowest BCUT2D eigenvalue weighted by molar-refractivity contribution is -0.137. The number of aromatic nitrogens is 4. The number of benzene rings is 1. The number of piperidine rings is 1. The van der Waals surface area contributed by atoms with E-state index in [2.05, 4.69) is 31.0 Å². The fourth-order valence-corrected chi connectivity index (χ4v) is 4.25. The molecule has 0 spiro atoms. The number of rotatable bonds is 2. The van der Waals surface area contributed by atoms with Gasteiger partial charge in [-0.25, -0.2) is 18.3 Å². The minimum atomic E-state index is -4.68. The summed E-state index contributed by atoms with van der Waals surface area (Å²) in [5.41, 5.74) is -0.416. The van der Waals surface area contributed by atoms with Crippen molar-refractivity contribution in [1.29, 1.82) is 0 Å². The highest BCUT2D eigenvalue weighted by Gasteiger charge is 2.44. The van der Waals surface area contributed by atoms with Crippen molar-refractivity contribution in [3.63, 3.8) is 0 Å². The first kappa shape index (κ1) is 25.0. The van der Waals surface area contributed by atoms with Crippen molar-refractivity contribution in [1.82, 2.24) is 24.5 Å². The molecule has 0 radical (unpaired) electrons. The Bertz CT molecular complexity index is 1160. The van der Waals surface area contributed by atoms with E-state index in [0.29, 0.717) is 17.5 Å². The molecule has 1 unspecified atom stereocenters. The average Bonchev–Trinajstić information content (AvgIpc) is 3.20. The van der Waals surface area contributed by atoms with Gasteiger partial charge in [-0.3, -0.25) is 4.79 Å². The summed E-state index contributed by atoms with van der Waals surface area (Å²) in [6.07, 6.45) is -3.97. The van der Waals surface area contributed by atoms with Gasteiger partial charge in [0.15, 0.2) is 0 Å². The number of likely N-dealkylation sites (tertiary alicyclic amines) is 1. The normalized spacial score (nSPS) is 18.1. The van der Waals surface area contributed by atoms with E-state index in [1.165, 1.54) is 16.9 Å². The third kappa shape index (κ3) is 5.48. The molecule has 1 aliphatic heterocycles. The van der Waals surface area contributed by atoms with E-state index in [1.54, 1.807) is 13.0 Å². The minimum Gasteiger partial charge on any atom is -0.332 e. The van der Waals surface area contributed by atoms with Crippen LogP contribution in [-0.4, -0.2) is 49.4 Å². The van der Waals surface area contributed by atoms with Crippen LogP contribution < -0.4 is 0 Å². The Morgan fingerprint density at radius 3 is 2.55 bits per heavy atom. The van der Waals surface area contributed by atoms with Gasteiger partial charge in [-0.15, -0.1) is 0 Å². The Labute approximate surface area is 195 Å². The van der Waals surface area contributed by atoms with Crippen LogP contribution in [0.2, 0.25) is 0 Å². The molecule has 1 fully saturated rings. The summed E-state index contributed by atoms with van der Waals surface area (Å²) in [5, 5.41) is 4.02. The van der Waals surface area contributed by atoms with Gasteiger partial charge in [-0.2, -0.15) is 23.3 Å². The molecule has 0 N–H and O–H groups in total. The van der Waals surface area contributed by atoms with Crippen molar-refractivity contribution >= 4 is 27.6 Å². The fraction of sp³-hybridized carbons (Fsp3) is 0.429. The molecule has 0 bridgehead atoms. The number of carbonyl (C=O) groups is 1. The molecule has 3 heterocycles.